The first-order valence-electron chi connectivity index (χ1n) is 7.02. The highest BCUT2D eigenvalue weighted by Gasteiger charge is 2.26. The molecule has 3 rings (SSSR count). The summed E-state index contributed by atoms with van der Waals surface area (Å²) >= 11 is 0. The fourth-order valence-corrected chi connectivity index (χ4v) is 2.96. The summed E-state index contributed by atoms with van der Waals surface area (Å²) in [5.41, 5.74) is 1.90. The SMILES string of the molecule is Br.CC1CCc2c(OCC3CNCCO3)ccc(F)c21. The maximum absolute atomic E-state index is 13.8. The van der Waals surface area contributed by atoms with Crippen molar-refractivity contribution in [1.29, 1.82) is 0 Å². The van der Waals surface area contributed by atoms with Crippen molar-refractivity contribution in [2.45, 2.75) is 31.8 Å². The van der Waals surface area contributed by atoms with Crippen molar-refractivity contribution in [3.05, 3.63) is 29.1 Å². The summed E-state index contributed by atoms with van der Waals surface area (Å²) in [5, 5.41) is 3.27. The van der Waals surface area contributed by atoms with Gasteiger partial charge in [-0.1, -0.05) is 6.92 Å². The van der Waals surface area contributed by atoms with E-state index in [0.29, 0.717) is 12.5 Å². The number of rotatable bonds is 3. The Morgan fingerprint density at radius 2 is 2.30 bits per heavy atom. The monoisotopic (exact) mass is 345 g/mol. The van der Waals surface area contributed by atoms with Gasteiger partial charge in [-0.3, -0.25) is 0 Å². The molecule has 1 aromatic rings. The highest BCUT2D eigenvalue weighted by Crippen LogP contribution is 2.39. The zero-order valence-electron chi connectivity index (χ0n) is 11.7. The van der Waals surface area contributed by atoms with Crippen LogP contribution in [0.1, 0.15) is 30.4 Å². The van der Waals surface area contributed by atoms with E-state index in [4.69, 9.17) is 9.47 Å². The molecule has 1 aliphatic heterocycles. The molecule has 1 N–H and O–H groups in total. The van der Waals surface area contributed by atoms with Crippen LogP contribution in [0.4, 0.5) is 4.39 Å². The lowest BCUT2D eigenvalue weighted by atomic mass is 10.0. The lowest BCUT2D eigenvalue weighted by molar-refractivity contribution is 0.0000133. The predicted molar refractivity (Wildman–Crippen MR) is 81.6 cm³/mol. The quantitative estimate of drug-likeness (QED) is 0.913. The molecule has 0 aromatic heterocycles. The van der Waals surface area contributed by atoms with E-state index in [0.717, 1.165) is 49.4 Å². The normalized spacial score (nSPS) is 24.9. The van der Waals surface area contributed by atoms with Crippen molar-refractivity contribution in [3.63, 3.8) is 0 Å². The van der Waals surface area contributed by atoms with E-state index < -0.39 is 0 Å². The fourth-order valence-electron chi connectivity index (χ4n) is 2.96. The molecule has 2 unspecified atom stereocenters. The highest BCUT2D eigenvalue weighted by molar-refractivity contribution is 8.93. The minimum absolute atomic E-state index is 0. The standard InChI is InChI=1S/C15H20FNO2.BrH/c1-10-2-3-12-14(5-4-13(16)15(10)12)19-9-11-8-17-6-7-18-11;/h4-5,10-11,17H,2-3,6-9H2,1H3;1H. The molecule has 3 nitrogen and oxygen atoms in total. The van der Waals surface area contributed by atoms with Crippen molar-refractivity contribution in [2.75, 3.05) is 26.3 Å². The van der Waals surface area contributed by atoms with Gasteiger partial charge < -0.3 is 14.8 Å². The van der Waals surface area contributed by atoms with Gasteiger partial charge in [0.25, 0.3) is 0 Å². The molecule has 0 amide bonds. The minimum Gasteiger partial charge on any atom is -0.491 e. The topological polar surface area (TPSA) is 30.5 Å². The summed E-state index contributed by atoms with van der Waals surface area (Å²) in [6, 6.07) is 3.28. The molecule has 0 bridgehead atoms. The number of halogens is 2. The van der Waals surface area contributed by atoms with Crippen LogP contribution in [0.2, 0.25) is 0 Å². The maximum Gasteiger partial charge on any atom is 0.127 e. The molecule has 5 heteroatoms. The molecule has 2 atom stereocenters. The molecule has 1 aliphatic carbocycles. The smallest absolute Gasteiger partial charge is 0.127 e. The van der Waals surface area contributed by atoms with Gasteiger partial charge in [0.2, 0.25) is 0 Å². The molecule has 1 fully saturated rings. The van der Waals surface area contributed by atoms with Crippen molar-refractivity contribution in [3.8, 4) is 5.75 Å². The summed E-state index contributed by atoms with van der Waals surface area (Å²) < 4.78 is 25.3. The average molecular weight is 346 g/mol. The third kappa shape index (κ3) is 3.15. The molecular weight excluding hydrogens is 325 g/mol. The van der Waals surface area contributed by atoms with E-state index >= 15 is 0 Å². The molecule has 1 saturated heterocycles. The van der Waals surface area contributed by atoms with Gasteiger partial charge in [0.05, 0.1) is 6.61 Å². The second-order valence-electron chi connectivity index (χ2n) is 5.39. The predicted octanol–water partition coefficient (Wildman–Crippen LogP) is 2.82. The summed E-state index contributed by atoms with van der Waals surface area (Å²) in [6.07, 6.45) is 2.01. The number of hydrogen-bond acceptors (Lipinski definition) is 3. The summed E-state index contributed by atoms with van der Waals surface area (Å²) in [7, 11) is 0. The lowest BCUT2D eigenvalue weighted by Crippen LogP contribution is -2.41. The first-order chi connectivity index (χ1) is 9.25. The van der Waals surface area contributed by atoms with Gasteiger partial charge in [-0.2, -0.15) is 0 Å². The number of ether oxygens (including phenoxy) is 2. The molecule has 1 heterocycles. The number of benzene rings is 1. The number of hydrogen-bond donors (Lipinski definition) is 1. The average Bonchev–Trinajstić information content (AvgIpc) is 2.83. The zero-order chi connectivity index (χ0) is 13.2. The Labute approximate surface area is 129 Å². The summed E-state index contributed by atoms with van der Waals surface area (Å²) in [5.74, 6) is 1.03. The lowest BCUT2D eigenvalue weighted by Gasteiger charge is -2.24. The first-order valence-corrected chi connectivity index (χ1v) is 7.02. The Hall–Kier alpha value is -0.650. The molecule has 0 saturated carbocycles. The third-order valence-corrected chi connectivity index (χ3v) is 4.01. The van der Waals surface area contributed by atoms with E-state index in [9.17, 15) is 4.39 Å². The second kappa shape index (κ2) is 6.87. The molecule has 112 valence electrons. The Morgan fingerprint density at radius 1 is 1.45 bits per heavy atom. The van der Waals surface area contributed by atoms with Crippen molar-refractivity contribution in [1.82, 2.24) is 5.32 Å². The van der Waals surface area contributed by atoms with Gasteiger partial charge in [-0.15, -0.1) is 17.0 Å². The van der Waals surface area contributed by atoms with Crippen LogP contribution in [0.3, 0.4) is 0 Å². The number of nitrogens with one attached hydrogen (secondary N) is 1. The molecule has 20 heavy (non-hydrogen) atoms. The molecule has 1 aromatic carbocycles. The van der Waals surface area contributed by atoms with Crippen LogP contribution < -0.4 is 10.1 Å². The van der Waals surface area contributed by atoms with E-state index in [2.05, 4.69) is 12.2 Å². The minimum atomic E-state index is -0.0945. The van der Waals surface area contributed by atoms with Crippen LogP contribution in [0, 0.1) is 5.82 Å². The van der Waals surface area contributed by atoms with Crippen LogP contribution >= 0.6 is 17.0 Å². The molecule has 0 radical (unpaired) electrons. The van der Waals surface area contributed by atoms with Crippen molar-refractivity contribution >= 4 is 17.0 Å². The van der Waals surface area contributed by atoms with E-state index in [1.165, 1.54) is 6.07 Å². The third-order valence-electron chi connectivity index (χ3n) is 4.01. The van der Waals surface area contributed by atoms with Gasteiger partial charge in [0.1, 0.15) is 24.3 Å². The fraction of sp³-hybridized carbons (Fsp3) is 0.600. The van der Waals surface area contributed by atoms with Crippen LogP contribution in [0.5, 0.6) is 5.75 Å². The Bertz CT molecular complexity index is 463. The van der Waals surface area contributed by atoms with Crippen LogP contribution in [0.25, 0.3) is 0 Å². The Kier molecular flexibility index (Phi) is 5.41. The van der Waals surface area contributed by atoms with Gasteiger partial charge >= 0.3 is 0 Å². The molecule has 2 aliphatic rings. The van der Waals surface area contributed by atoms with E-state index in [1.807, 2.05) is 0 Å². The Morgan fingerprint density at radius 3 is 3.05 bits per heavy atom. The van der Waals surface area contributed by atoms with Crippen LogP contribution in [0.15, 0.2) is 12.1 Å². The maximum atomic E-state index is 13.8. The Balaban J connectivity index is 0.00000147. The highest BCUT2D eigenvalue weighted by atomic mass is 79.9. The van der Waals surface area contributed by atoms with E-state index in [1.54, 1.807) is 6.07 Å². The largest absolute Gasteiger partial charge is 0.491 e. The summed E-state index contributed by atoms with van der Waals surface area (Å²) in [4.78, 5) is 0. The first kappa shape index (κ1) is 15.7. The number of morpholine rings is 1. The zero-order valence-corrected chi connectivity index (χ0v) is 13.4. The molecular formula is C15H21BrFNO2. The molecule has 0 spiro atoms. The van der Waals surface area contributed by atoms with Crippen LogP contribution in [-0.4, -0.2) is 32.4 Å². The van der Waals surface area contributed by atoms with Crippen molar-refractivity contribution < 1.29 is 13.9 Å². The summed E-state index contributed by atoms with van der Waals surface area (Å²) in [6.45, 7) is 5.05. The van der Waals surface area contributed by atoms with Gasteiger partial charge in [0, 0.05) is 18.7 Å². The van der Waals surface area contributed by atoms with Gasteiger partial charge in [-0.05, 0) is 36.5 Å². The van der Waals surface area contributed by atoms with E-state index in [-0.39, 0.29) is 28.9 Å². The van der Waals surface area contributed by atoms with Gasteiger partial charge in [0.15, 0.2) is 0 Å². The van der Waals surface area contributed by atoms with Crippen LogP contribution in [-0.2, 0) is 11.2 Å². The number of fused-ring (bicyclic) bond motifs is 1. The van der Waals surface area contributed by atoms with Gasteiger partial charge in [-0.25, -0.2) is 4.39 Å². The second-order valence-corrected chi connectivity index (χ2v) is 5.39. The van der Waals surface area contributed by atoms with Crippen molar-refractivity contribution in [2.24, 2.45) is 0 Å².